The van der Waals surface area contributed by atoms with Gasteiger partial charge in [0.2, 0.25) is 0 Å². The van der Waals surface area contributed by atoms with E-state index in [1.165, 1.54) is 43.2 Å². The number of amides is 1. The maximum Gasteiger partial charge on any atom is 0.271 e. The van der Waals surface area contributed by atoms with Crippen LogP contribution in [0.5, 0.6) is 0 Å². The zero-order valence-electron chi connectivity index (χ0n) is 15.7. The molecule has 4 aliphatic heterocycles. The zero-order valence-corrected chi connectivity index (χ0v) is 16.5. The van der Waals surface area contributed by atoms with Crippen LogP contribution in [0.25, 0.3) is 10.1 Å². The van der Waals surface area contributed by atoms with Crippen LogP contribution in [0.1, 0.15) is 29.8 Å². The number of ether oxygens (including phenoxy) is 1. The van der Waals surface area contributed by atoms with Gasteiger partial charge in [-0.1, -0.05) is 12.1 Å². The van der Waals surface area contributed by atoms with Gasteiger partial charge in [0.05, 0.1) is 16.5 Å². The van der Waals surface area contributed by atoms with Crippen molar-refractivity contribution in [2.75, 3.05) is 44.7 Å². The van der Waals surface area contributed by atoms with E-state index in [-0.39, 0.29) is 18.1 Å². The molecule has 4 aliphatic rings. The minimum absolute atomic E-state index is 0.0201. The fourth-order valence-corrected chi connectivity index (χ4v) is 5.78. The molecule has 6 nitrogen and oxygen atoms in total. The molecule has 5 heterocycles. The third-order valence-electron chi connectivity index (χ3n) is 6.48. The lowest BCUT2D eigenvalue weighted by Gasteiger charge is -2.44. The highest BCUT2D eigenvalue weighted by Crippen LogP contribution is 2.35. The molecule has 7 heteroatoms. The minimum atomic E-state index is -0.0201. The third-order valence-corrected chi connectivity index (χ3v) is 7.37. The van der Waals surface area contributed by atoms with Crippen molar-refractivity contribution in [2.24, 2.45) is 5.92 Å². The summed E-state index contributed by atoms with van der Waals surface area (Å²) in [6.45, 7) is 5.22. The highest BCUT2D eigenvalue weighted by atomic mass is 32.1. The first-order valence-corrected chi connectivity index (χ1v) is 10.7. The van der Waals surface area contributed by atoms with Crippen molar-refractivity contribution >= 4 is 33.2 Å². The number of nitrogens with zero attached hydrogens (tertiary/aromatic N) is 3. The number of anilines is 1. The number of benzene rings is 1. The maximum absolute atomic E-state index is 13.0. The Morgan fingerprint density at radius 2 is 2.07 bits per heavy atom. The van der Waals surface area contributed by atoms with Crippen LogP contribution in [-0.4, -0.2) is 67.2 Å². The highest BCUT2D eigenvalue weighted by Gasteiger charge is 2.35. The second-order valence-corrected chi connectivity index (χ2v) is 8.77. The van der Waals surface area contributed by atoms with E-state index in [4.69, 9.17) is 4.74 Å². The number of nitrogens with one attached hydrogen (secondary N) is 1. The van der Waals surface area contributed by atoms with Crippen molar-refractivity contribution < 1.29 is 9.53 Å². The Morgan fingerprint density at radius 1 is 1.22 bits per heavy atom. The number of rotatable bonds is 4. The van der Waals surface area contributed by atoms with E-state index in [1.807, 2.05) is 12.1 Å². The van der Waals surface area contributed by atoms with Crippen molar-refractivity contribution in [1.82, 2.24) is 14.6 Å². The Balaban J connectivity index is 1.38. The summed E-state index contributed by atoms with van der Waals surface area (Å²) in [6.07, 6.45) is 3.72. The molecule has 6 rings (SSSR count). The standard InChI is InChI=1S/C20H26N4O2S/c1-26-14-7-10-24(11-14)17-4-2-3-15-18(22-27-19(15)17)20(25)21-16-12-23-8-5-13(16)6-9-23/h2-4,13-14,16H,5-12H2,1H3,(H,21,25)/t14-,16+/m0/s1. The number of carbonyl (C=O) groups is 1. The van der Waals surface area contributed by atoms with Crippen molar-refractivity contribution in [1.29, 1.82) is 0 Å². The van der Waals surface area contributed by atoms with Crippen LogP contribution >= 0.6 is 11.5 Å². The lowest BCUT2D eigenvalue weighted by Crippen LogP contribution is -2.57. The van der Waals surface area contributed by atoms with Gasteiger partial charge in [-0.25, -0.2) is 0 Å². The normalized spacial score (nSPS) is 30.2. The van der Waals surface area contributed by atoms with Crippen molar-refractivity contribution in [3.8, 4) is 0 Å². The molecule has 1 aromatic heterocycles. The fourth-order valence-electron chi connectivity index (χ4n) is 4.87. The molecule has 4 saturated heterocycles. The molecule has 2 aromatic rings. The monoisotopic (exact) mass is 386 g/mol. The number of piperidine rings is 3. The molecule has 4 fully saturated rings. The van der Waals surface area contributed by atoms with Crippen LogP contribution in [0.15, 0.2) is 18.2 Å². The average Bonchev–Trinajstić information content (AvgIpc) is 3.36. The predicted molar refractivity (Wildman–Crippen MR) is 108 cm³/mol. The third kappa shape index (κ3) is 3.11. The Bertz CT molecular complexity index is 846. The van der Waals surface area contributed by atoms with Crippen LogP contribution < -0.4 is 10.2 Å². The number of fused-ring (bicyclic) bond motifs is 4. The molecular formula is C20H26N4O2S. The highest BCUT2D eigenvalue weighted by molar-refractivity contribution is 7.14. The number of carbonyl (C=O) groups excluding carboxylic acids is 1. The summed E-state index contributed by atoms with van der Waals surface area (Å²) in [5.74, 6) is 0.600. The SMILES string of the molecule is CO[C@H]1CCN(c2cccc3c(C(=O)N[C@@H]4CN5CCC4CC5)nsc23)C1. The molecule has 1 amide bonds. The summed E-state index contributed by atoms with van der Waals surface area (Å²) in [5.41, 5.74) is 1.75. The molecular weight excluding hydrogens is 360 g/mol. The quantitative estimate of drug-likeness (QED) is 0.874. The molecule has 0 spiro atoms. The van der Waals surface area contributed by atoms with E-state index in [0.29, 0.717) is 11.6 Å². The maximum atomic E-state index is 13.0. The van der Waals surface area contributed by atoms with Gasteiger partial charge >= 0.3 is 0 Å². The molecule has 1 aromatic carbocycles. The summed E-state index contributed by atoms with van der Waals surface area (Å²) in [6, 6.07) is 6.46. The number of hydrogen-bond donors (Lipinski definition) is 1. The largest absolute Gasteiger partial charge is 0.380 e. The lowest BCUT2D eigenvalue weighted by atomic mass is 9.84. The van der Waals surface area contributed by atoms with Crippen LogP contribution in [-0.2, 0) is 4.74 Å². The van der Waals surface area contributed by atoms with E-state index in [2.05, 4.69) is 25.6 Å². The van der Waals surface area contributed by atoms with Crippen molar-refractivity contribution in [2.45, 2.75) is 31.4 Å². The molecule has 1 N–H and O–H groups in total. The lowest BCUT2D eigenvalue weighted by molar-refractivity contribution is 0.0619. The van der Waals surface area contributed by atoms with Crippen LogP contribution in [0.2, 0.25) is 0 Å². The molecule has 0 unspecified atom stereocenters. The average molecular weight is 387 g/mol. The Morgan fingerprint density at radius 3 is 2.78 bits per heavy atom. The van der Waals surface area contributed by atoms with Gasteiger partial charge in [0.1, 0.15) is 5.69 Å². The van der Waals surface area contributed by atoms with Crippen molar-refractivity contribution in [3.05, 3.63) is 23.9 Å². The van der Waals surface area contributed by atoms with E-state index in [9.17, 15) is 4.79 Å². The summed E-state index contributed by atoms with van der Waals surface area (Å²) in [4.78, 5) is 17.8. The second kappa shape index (κ2) is 7.04. The van der Waals surface area contributed by atoms with Gasteiger partial charge in [-0.3, -0.25) is 4.79 Å². The summed E-state index contributed by atoms with van der Waals surface area (Å²) < 4.78 is 11.2. The molecule has 144 valence electrons. The van der Waals surface area contributed by atoms with Gasteiger partial charge in [-0.05, 0) is 55.9 Å². The molecule has 0 saturated carbocycles. The van der Waals surface area contributed by atoms with Gasteiger partial charge in [-0.2, -0.15) is 4.37 Å². The van der Waals surface area contributed by atoms with E-state index in [1.54, 1.807) is 7.11 Å². The van der Waals surface area contributed by atoms with Gasteiger partial charge in [0.25, 0.3) is 5.91 Å². The topological polar surface area (TPSA) is 57.7 Å². The van der Waals surface area contributed by atoms with E-state index < -0.39 is 0 Å². The minimum Gasteiger partial charge on any atom is -0.380 e. The first kappa shape index (κ1) is 17.4. The molecule has 0 aliphatic carbocycles. The first-order chi connectivity index (χ1) is 13.2. The van der Waals surface area contributed by atoms with Crippen molar-refractivity contribution in [3.63, 3.8) is 0 Å². The summed E-state index contributed by atoms with van der Waals surface area (Å²) in [5, 5.41) is 4.25. The second-order valence-electron chi connectivity index (χ2n) is 8.00. The van der Waals surface area contributed by atoms with Gasteiger partial charge in [0.15, 0.2) is 0 Å². The Hall–Kier alpha value is -1.70. The van der Waals surface area contributed by atoms with Gasteiger partial charge < -0.3 is 19.9 Å². The number of methoxy groups -OCH3 is 1. The molecule has 27 heavy (non-hydrogen) atoms. The smallest absolute Gasteiger partial charge is 0.271 e. The number of hydrogen-bond acceptors (Lipinski definition) is 6. The molecule has 0 radical (unpaired) electrons. The predicted octanol–water partition coefficient (Wildman–Crippen LogP) is 2.35. The first-order valence-electron chi connectivity index (χ1n) is 9.92. The summed E-state index contributed by atoms with van der Waals surface area (Å²) >= 11 is 1.44. The van der Waals surface area contributed by atoms with Crippen LogP contribution in [0.4, 0.5) is 5.69 Å². The van der Waals surface area contributed by atoms with Gasteiger partial charge in [0, 0.05) is 38.2 Å². The van der Waals surface area contributed by atoms with E-state index in [0.717, 1.165) is 36.1 Å². The van der Waals surface area contributed by atoms with Crippen LogP contribution in [0.3, 0.4) is 0 Å². The van der Waals surface area contributed by atoms with Crippen LogP contribution in [0, 0.1) is 5.92 Å². The molecule has 2 bridgehead atoms. The van der Waals surface area contributed by atoms with E-state index >= 15 is 0 Å². The summed E-state index contributed by atoms with van der Waals surface area (Å²) in [7, 11) is 1.78. The fraction of sp³-hybridized carbons (Fsp3) is 0.600. The number of aromatic nitrogens is 1. The molecule has 2 atom stereocenters. The Labute approximate surface area is 163 Å². The van der Waals surface area contributed by atoms with Gasteiger partial charge in [-0.15, -0.1) is 0 Å². The Kier molecular flexibility index (Phi) is 4.53. The zero-order chi connectivity index (χ0) is 18.4.